The molecule has 1 unspecified atom stereocenters. The fraction of sp³-hybridized carbons (Fsp3) is 0.692. The summed E-state index contributed by atoms with van der Waals surface area (Å²) in [5, 5.41) is 2.72. The third kappa shape index (κ3) is 5.94. The van der Waals surface area contributed by atoms with Crippen LogP contribution in [0.4, 0.5) is 19.0 Å². The van der Waals surface area contributed by atoms with Gasteiger partial charge in [0.25, 0.3) is 0 Å². The van der Waals surface area contributed by atoms with Gasteiger partial charge in [0.15, 0.2) is 0 Å². The van der Waals surface area contributed by atoms with E-state index in [4.69, 9.17) is 11.6 Å². The van der Waals surface area contributed by atoms with Crippen LogP contribution < -0.4 is 5.32 Å². The van der Waals surface area contributed by atoms with Crippen molar-refractivity contribution in [2.75, 3.05) is 5.32 Å². The van der Waals surface area contributed by atoms with Crippen molar-refractivity contribution in [1.82, 2.24) is 9.97 Å². The van der Waals surface area contributed by atoms with Gasteiger partial charge in [-0.05, 0) is 13.3 Å². The largest absolute Gasteiger partial charge is 0.451 e. The Bertz CT molecular complexity index is 424. The summed E-state index contributed by atoms with van der Waals surface area (Å²) in [5.41, 5.74) is 0. The Labute approximate surface area is 122 Å². The lowest BCUT2D eigenvalue weighted by molar-refractivity contribution is -0.144. The fourth-order valence-corrected chi connectivity index (χ4v) is 2.00. The zero-order valence-electron chi connectivity index (χ0n) is 11.6. The molecule has 1 N–H and O–H groups in total. The normalized spacial score (nSPS) is 13.3. The van der Waals surface area contributed by atoms with Gasteiger partial charge < -0.3 is 5.32 Å². The molecule has 1 heterocycles. The summed E-state index contributed by atoms with van der Waals surface area (Å²) < 4.78 is 37.7. The molecular weight excluding hydrogens is 291 g/mol. The van der Waals surface area contributed by atoms with Gasteiger partial charge in [0, 0.05) is 12.1 Å². The van der Waals surface area contributed by atoms with Crippen LogP contribution in [0.2, 0.25) is 5.15 Å². The van der Waals surface area contributed by atoms with Crippen LogP contribution >= 0.6 is 11.6 Å². The molecule has 1 atom stereocenters. The first-order valence-electron chi connectivity index (χ1n) is 6.71. The minimum absolute atomic E-state index is 0.0407. The molecule has 0 fully saturated rings. The van der Waals surface area contributed by atoms with Gasteiger partial charge in [-0.3, -0.25) is 0 Å². The van der Waals surface area contributed by atoms with Crippen LogP contribution in [0.25, 0.3) is 0 Å². The Kier molecular flexibility index (Phi) is 6.52. The molecule has 114 valence electrons. The molecule has 7 heteroatoms. The topological polar surface area (TPSA) is 37.8 Å². The lowest BCUT2D eigenvalue weighted by Gasteiger charge is -2.15. The van der Waals surface area contributed by atoms with Crippen LogP contribution in [0.3, 0.4) is 0 Å². The van der Waals surface area contributed by atoms with E-state index in [2.05, 4.69) is 22.2 Å². The van der Waals surface area contributed by atoms with E-state index in [1.54, 1.807) is 0 Å². The fourth-order valence-electron chi connectivity index (χ4n) is 1.82. The van der Waals surface area contributed by atoms with Crippen molar-refractivity contribution in [3.63, 3.8) is 0 Å². The maximum Gasteiger partial charge on any atom is 0.451 e. The Balaban J connectivity index is 2.61. The Morgan fingerprint density at radius 2 is 1.95 bits per heavy atom. The average molecular weight is 310 g/mol. The second-order valence-electron chi connectivity index (χ2n) is 4.79. The average Bonchev–Trinajstić information content (AvgIpc) is 2.33. The van der Waals surface area contributed by atoms with E-state index in [1.165, 1.54) is 12.5 Å². The number of alkyl halides is 3. The molecule has 1 aromatic rings. The van der Waals surface area contributed by atoms with Gasteiger partial charge in [-0.1, -0.05) is 44.2 Å². The number of hydrogen-bond donors (Lipinski definition) is 1. The maximum absolute atomic E-state index is 12.6. The van der Waals surface area contributed by atoms with Crippen molar-refractivity contribution < 1.29 is 13.2 Å². The van der Waals surface area contributed by atoms with Gasteiger partial charge in [0.2, 0.25) is 5.82 Å². The van der Waals surface area contributed by atoms with Crippen molar-refractivity contribution in [2.24, 2.45) is 0 Å². The molecule has 0 amide bonds. The number of nitrogens with one attached hydrogen (secondary N) is 1. The molecule has 0 spiro atoms. The van der Waals surface area contributed by atoms with Crippen molar-refractivity contribution >= 4 is 17.4 Å². The predicted octanol–water partition coefficient (Wildman–Crippen LogP) is 4.92. The molecule has 20 heavy (non-hydrogen) atoms. The lowest BCUT2D eigenvalue weighted by Crippen LogP contribution is -2.18. The third-order valence-electron chi connectivity index (χ3n) is 2.83. The smallest absolute Gasteiger partial charge is 0.367 e. The predicted molar refractivity (Wildman–Crippen MR) is 73.9 cm³/mol. The van der Waals surface area contributed by atoms with E-state index in [1.807, 2.05) is 6.92 Å². The second kappa shape index (κ2) is 7.67. The number of halogens is 4. The number of nitrogens with zero attached hydrogens (tertiary/aromatic N) is 2. The highest BCUT2D eigenvalue weighted by Crippen LogP contribution is 2.28. The third-order valence-corrected chi connectivity index (χ3v) is 3.03. The van der Waals surface area contributed by atoms with Gasteiger partial charge in [0.1, 0.15) is 11.0 Å². The first-order valence-corrected chi connectivity index (χ1v) is 7.09. The van der Waals surface area contributed by atoms with Gasteiger partial charge in [-0.2, -0.15) is 13.2 Å². The number of hydrogen-bond acceptors (Lipinski definition) is 3. The summed E-state index contributed by atoms with van der Waals surface area (Å²) in [5.74, 6) is -1.11. The van der Waals surface area contributed by atoms with Crippen LogP contribution in [-0.4, -0.2) is 16.0 Å². The molecule has 0 bridgehead atoms. The van der Waals surface area contributed by atoms with E-state index in [9.17, 15) is 13.2 Å². The standard InChI is InChI=1S/C13H19ClF3N3/c1-3-4-5-6-7-9(2)18-11-8-10(14)19-12(20-11)13(15,16)17/h8-9H,3-7H2,1-2H3,(H,18,19,20). The van der Waals surface area contributed by atoms with Crippen LogP contribution in [0.5, 0.6) is 0 Å². The molecule has 1 rings (SSSR count). The Hall–Kier alpha value is -1.04. The molecule has 1 aromatic heterocycles. The van der Waals surface area contributed by atoms with Crippen molar-refractivity contribution in [2.45, 2.75) is 58.2 Å². The van der Waals surface area contributed by atoms with Gasteiger partial charge in [-0.15, -0.1) is 0 Å². The molecule has 0 aliphatic rings. The first kappa shape index (κ1) is 17.0. The van der Waals surface area contributed by atoms with E-state index >= 15 is 0 Å². The SMILES string of the molecule is CCCCCCC(C)Nc1cc(Cl)nc(C(F)(F)F)n1. The Morgan fingerprint density at radius 1 is 1.25 bits per heavy atom. The van der Waals surface area contributed by atoms with E-state index < -0.39 is 12.0 Å². The monoisotopic (exact) mass is 309 g/mol. The van der Waals surface area contributed by atoms with Crippen molar-refractivity contribution in [1.29, 1.82) is 0 Å². The summed E-state index contributed by atoms with van der Waals surface area (Å²) in [6.45, 7) is 4.04. The number of aromatic nitrogens is 2. The number of anilines is 1. The molecule has 0 saturated carbocycles. The first-order chi connectivity index (χ1) is 9.32. The molecule has 0 saturated heterocycles. The Morgan fingerprint density at radius 3 is 2.55 bits per heavy atom. The molecular formula is C13H19ClF3N3. The highest BCUT2D eigenvalue weighted by molar-refractivity contribution is 6.29. The van der Waals surface area contributed by atoms with Crippen LogP contribution in [0.15, 0.2) is 6.07 Å². The van der Waals surface area contributed by atoms with Crippen molar-refractivity contribution in [3.05, 3.63) is 17.0 Å². The minimum Gasteiger partial charge on any atom is -0.367 e. The second-order valence-corrected chi connectivity index (χ2v) is 5.18. The zero-order valence-corrected chi connectivity index (χ0v) is 12.4. The van der Waals surface area contributed by atoms with Crippen LogP contribution in [0, 0.1) is 0 Å². The summed E-state index contributed by atoms with van der Waals surface area (Å²) in [6, 6.07) is 1.35. The summed E-state index contributed by atoms with van der Waals surface area (Å²) in [6.07, 6.45) is 0.769. The number of unbranched alkanes of at least 4 members (excludes halogenated alkanes) is 3. The van der Waals surface area contributed by atoms with Gasteiger partial charge in [-0.25, -0.2) is 9.97 Å². The highest BCUT2D eigenvalue weighted by Gasteiger charge is 2.35. The molecule has 0 aliphatic carbocycles. The minimum atomic E-state index is -4.59. The number of rotatable bonds is 7. The summed E-state index contributed by atoms with van der Waals surface area (Å²) >= 11 is 5.59. The van der Waals surface area contributed by atoms with E-state index in [0.29, 0.717) is 0 Å². The van der Waals surface area contributed by atoms with Crippen LogP contribution in [-0.2, 0) is 6.18 Å². The molecule has 3 nitrogen and oxygen atoms in total. The summed E-state index contributed by atoms with van der Waals surface area (Å²) in [7, 11) is 0. The molecule has 0 aromatic carbocycles. The zero-order chi connectivity index (χ0) is 15.2. The highest BCUT2D eigenvalue weighted by atomic mass is 35.5. The van der Waals surface area contributed by atoms with Gasteiger partial charge in [0.05, 0.1) is 0 Å². The molecule has 0 radical (unpaired) electrons. The van der Waals surface area contributed by atoms with E-state index in [-0.39, 0.29) is 17.0 Å². The maximum atomic E-state index is 12.6. The van der Waals surface area contributed by atoms with Gasteiger partial charge >= 0.3 is 6.18 Å². The van der Waals surface area contributed by atoms with Crippen LogP contribution in [0.1, 0.15) is 51.8 Å². The van der Waals surface area contributed by atoms with E-state index in [0.717, 1.165) is 25.7 Å². The summed E-state index contributed by atoms with van der Waals surface area (Å²) in [4.78, 5) is 6.65. The quantitative estimate of drug-likeness (QED) is 0.574. The van der Waals surface area contributed by atoms with Crippen molar-refractivity contribution in [3.8, 4) is 0 Å². The molecule has 0 aliphatic heterocycles. The lowest BCUT2D eigenvalue weighted by atomic mass is 10.1.